The van der Waals surface area contributed by atoms with E-state index in [0.717, 1.165) is 0 Å². The third kappa shape index (κ3) is 3.57. The molecule has 0 atom stereocenters. The molecule has 2 saturated carbocycles. The largest absolute Gasteiger partial charge is 0.339 e. The Morgan fingerprint density at radius 2 is 1.43 bits per heavy atom. The van der Waals surface area contributed by atoms with Crippen molar-refractivity contribution < 1.29 is 9.59 Å². The van der Waals surface area contributed by atoms with Gasteiger partial charge in [-0.05, 0) is 25.7 Å². The summed E-state index contributed by atoms with van der Waals surface area (Å²) in [6, 6.07) is 1.30. The molecule has 0 bridgehead atoms. The Balaban J connectivity index is 1.51. The van der Waals surface area contributed by atoms with Gasteiger partial charge in [-0.25, -0.2) is 0 Å². The number of amides is 2. The zero-order valence-corrected chi connectivity index (χ0v) is 13.1. The van der Waals surface area contributed by atoms with E-state index in [0.29, 0.717) is 44.8 Å². The fourth-order valence-electron chi connectivity index (χ4n) is 3.73. The topological polar surface area (TPSA) is 43.9 Å². The van der Waals surface area contributed by atoms with Crippen LogP contribution in [0.4, 0.5) is 0 Å². The van der Waals surface area contributed by atoms with Crippen LogP contribution in [0.25, 0.3) is 0 Å². The number of hydrogen-bond acceptors (Lipinski definition) is 3. The lowest BCUT2D eigenvalue weighted by atomic mass is 10.2. The first-order valence-electron chi connectivity index (χ1n) is 8.44. The van der Waals surface area contributed by atoms with E-state index in [1.54, 1.807) is 6.92 Å². The zero-order chi connectivity index (χ0) is 14.8. The molecule has 1 saturated heterocycles. The predicted molar refractivity (Wildman–Crippen MR) is 80.8 cm³/mol. The Kier molecular flexibility index (Phi) is 4.48. The van der Waals surface area contributed by atoms with Crippen molar-refractivity contribution in [3.8, 4) is 0 Å². The van der Waals surface area contributed by atoms with Gasteiger partial charge in [0.1, 0.15) is 0 Å². The summed E-state index contributed by atoms with van der Waals surface area (Å²) >= 11 is 0. The second kappa shape index (κ2) is 6.34. The van der Waals surface area contributed by atoms with Gasteiger partial charge in [0.15, 0.2) is 0 Å². The number of nitrogens with zero attached hydrogens (tertiary/aromatic N) is 3. The van der Waals surface area contributed by atoms with Gasteiger partial charge in [-0.3, -0.25) is 14.5 Å². The van der Waals surface area contributed by atoms with Crippen LogP contribution in [0, 0.1) is 0 Å². The zero-order valence-electron chi connectivity index (χ0n) is 13.1. The number of carbonyl (C=O) groups excluding carboxylic acids is 2. The highest BCUT2D eigenvalue weighted by atomic mass is 16.2. The van der Waals surface area contributed by atoms with E-state index in [-0.39, 0.29) is 11.8 Å². The summed E-state index contributed by atoms with van der Waals surface area (Å²) in [5.41, 5.74) is 0. The molecular formula is C16H27N3O2. The first kappa shape index (κ1) is 14.8. The van der Waals surface area contributed by atoms with Gasteiger partial charge >= 0.3 is 0 Å². The maximum absolute atomic E-state index is 12.6. The molecule has 3 rings (SSSR count). The lowest BCUT2D eigenvalue weighted by Gasteiger charge is -2.36. The van der Waals surface area contributed by atoms with E-state index < -0.39 is 0 Å². The lowest BCUT2D eigenvalue weighted by Crippen LogP contribution is -2.53. The van der Waals surface area contributed by atoms with Crippen molar-refractivity contribution in [2.75, 3.05) is 32.7 Å². The maximum Gasteiger partial charge on any atom is 0.236 e. The summed E-state index contributed by atoms with van der Waals surface area (Å²) in [6.45, 7) is 4.97. The third-order valence-electron chi connectivity index (χ3n) is 5.21. The highest BCUT2D eigenvalue weighted by Crippen LogP contribution is 2.34. The van der Waals surface area contributed by atoms with Crippen LogP contribution in [0.1, 0.15) is 45.4 Å². The molecule has 0 radical (unpaired) electrons. The Hall–Kier alpha value is -1.10. The van der Waals surface area contributed by atoms with E-state index in [1.807, 2.05) is 9.80 Å². The Bertz CT molecular complexity index is 394. The van der Waals surface area contributed by atoms with Crippen molar-refractivity contribution in [3.05, 3.63) is 0 Å². The van der Waals surface area contributed by atoms with Crippen molar-refractivity contribution in [1.82, 2.24) is 14.7 Å². The summed E-state index contributed by atoms with van der Waals surface area (Å²) in [5, 5.41) is 0. The molecule has 0 unspecified atom stereocenters. The predicted octanol–water partition coefficient (Wildman–Crippen LogP) is 1.08. The average molecular weight is 293 g/mol. The molecular weight excluding hydrogens is 266 g/mol. The standard InChI is InChI=1S/C16H27N3O2/c1-13(20)17-8-10-18(11-9-17)16(21)12-19(15-6-7-15)14-4-2-3-5-14/h14-15H,2-12H2,1H3. The average Bonchev–Trinajstić information content (AvgIpc) is 3.19. The normalized spacial score (nSPS) is 23.9. The summed E-state index contributed by atoms with van der Waals surface area (Å²) in [6.07, 6.45) is 7.70. The molecule has 0 aromatic carbocycles. The van der Waals surface area contributed by atoms with Gasteiger partial charge in [0.2, 0.25) is 11.8 Å². The second-order valence-corrected chi connectivity index (χ2v) is 6.73. The highest BCUT2D eigenvalue weighted by molar-refractivity contribution is 5.79. The first-order valence-corrected chi connectivity index (χ1v) is 8.44. The monoisotopic (exact) mass is 293 g/mol. The van der Waals surface area contributed by atoms with Gasteiger partial charge in [-0.15, -0.1) is 0 Å². The van der Waals surface area contributed by atoms with Crippen LogP contribution in [0.3, 0.4) is 0 Å². The molecule has 0 N–H and O–H groups in total. The smallest absolute Gasteiger partial charge is 0.236 e. The van der Waals surface area contributed by atoms with Crippen molar-refractivity contribution in [1.29, 1.82) is 0 Å². The summed E-state index contributed by atoms with van der Waals surface area (Å²) in [5.74, 6) is 0.379. The van der Waals surface area contributed by atoms with Gasteiger partial charge in [0.25, 0.3) is 0 Å². The molecule has 3 fully saturated rings. The number of piperazine rings is 1. The Morgan fingerprint density at radius 1 is 0.905 bits per heavy atom. The van der Waals surface area contributed by atoms with Crippen LogP contribution in [-0.2, 0) is 9.59 Å². The summed E-state index contributed by atoms with van der Waals surface area (Å²) in [7, 11) is 0. The Labute approximate surface area is 127 Å². The van der Waals surface area contributed by atoms with E-state index >= 15 is 0 Å². The fourth-order valence-corrected chi connectivity index (χ4v) is 3.73. The molecule has 5 nitrogen and oxygen atoms in total. The van der Waals surface area contributed by atoms with E-state index in [4.69, 9.17) is 0 Å². The molecule has 0 spiro atoms. The molecule has 1 heterocycles. The quantitative estimate of drug-likeness (QED) is 0.779. The minimum Gasteiger partial charge on any atom is -0.339 e. The van der Waals surface area contributed by atoms with Crippen LogP contribution in [-0.4, -0.2) is 71.3 Å². The van der Waals surface area contributed by atoms with Crippen molar-refractivity contribution >= 4 is 11.8 Å². The lowest BCUT2D eigenvalue weighted by molar-refractivity contribution is -0.139. The third-order valence-corrected chi connectivity index (χ3v) is 5.21. The maximum atomic E-state index is 12.6. The van der Waals surface area contributed by atoms with E-state index in [2.05, 4.69) is 4.90 Å². The molecule has 21 heavy (non-hydrogen) atoms. The van der Waals surface area contributed by atoms with Crippen LogP contribution in [0.15, 0.2) is 0 Å². The molecule has 3 aliphatic rings. The molecule has 0 aromatic heterocycles. The minimum atomic E-state index is 0.118. The first-order chi connectivity index (χ1) is 10.1. The van der Waals surface area contributed by atoms with Crippen molar-refractivity contribution in [2.24, 2.45) is 0 Å². The number of rotatable bonds is 4. The summed E-state index contributed by atoms with van der Waals surface area (Å²) < 4.78 is 0. The van der Waals surface area contributed by atoms with E-state index in [9.17, 15) is 9.59 Å². The van der Waals surface area contributed by atoms with Crippen molar-refractivity contribution in [2.45, 2.75) is 57.5 Å². The molecule has 1 aliphatic heterocycles. The van der Waals surface area contributed by atoms with Gasteiger partial charge in [0.05, 0.1) is 6.54 Å². The van der Waals surface area contributed by atoms with Gasteiger partial charge in [-0.1, -0.05) is 12.8 Å². The fraction of sp³-hybridized carbons (Fsp3) is 0.875. The second-order valence-electron chi connectivity index (χ2n) is 6.73. The molecule has 0 aromatic rings. The van der Waals surface area contributed by atoms with Gasteiger partial charge in [-0.2, -0.15) is 0 Å². The number of hydrogen-bond donors (Lipinski definition) is 0. The van der Waals surface area contributed by atoms with Gasteiger partial charge < -0.3 is 9.80 Å². The van der Waals surface area contributed by atoms with Crippen LogP contribution < -0.4 is 0 Å². The van der Waals surface area contributed by atoms with Crippen LogP contribution >= 0.6 is 0 Å². The van der Waals surface area contributed by atoms with Gasteiger partial charge in [0, 0.05) is 45.2 Å². The van der Waals surface area contributed by atoms with Crippen LogP contribution in [0.5, 0.6) is 0 Å². The summed E-state index contributed by atoms with van der Waals surface area (Å²) in [4.78, 5) is 30.2. The number of carbonyl (C=O) groups is 2. The highest BCUT2D eigenvalue weighted by Gasteiger charge is 2.37. The van der Waals surface area contributed by atoms with Crippen LogP contribution in [0.2, 0.25) is 0 Å². The minimum absolute atomic E-state index is 0.118. The molecule has 5 heteroatoms. The molecule has 2 amide bonds. The SMILES string of the molecule is CC(=O)N1CCN(C(=O)CN(C2CCCC2)C2CC2)CC1. The Morgan fingerprint density at radius 3 is 1.95 bits per heavy atom. The molecule has 118 valence electrons. The van der Waals surface area contributed by atoms with E-state index in [1.165, 1.54) is 38.5 Å². The molecule has 2 aliphatic carbocycles. The van der Waals surface area contributed by atoms with Crippen molar-refractivity contribution in [3.63, 3.8) is 0 Å².